The van der Waals surface area contributed by atoms with Crippen LogP contribution in [0.3, 0.4) is 0 Å². The minimum Gasteiger partial charge on any atom is -0.267 e. The average molecular weight is 383 g/mol. The second kappa shape index (κ2) is 5.38. The van der Waals surface area contributed by atoms with Crippen molar-refractivity contribution in [3.8, 4) is 0 Å². The Kier molecular flexibility index (Phi) is 3.42. The normalized spacial score (nSPS) is 24.2. The number of hydrogen-bond acceptors (Lipinski definition) is 3. The lowest BCUT2D eigenvalue weighted by Gasteiger charge is -2.41. The van der Waals surface area contributed by atoms with Crippen molar-refractivity contribution in [3.05, 3.63) is 69.7 Å². The Bertz CT molecular complexity index is 853. The van der Waals surface area contributed by atoms with E-state index in [0.717, 1.165) is 33.6 Å². The van der Waals surface area contributed by atoms with Crippen molar-refractivity contribution < 1.29 is 9.59 Å². The van der Waals surface area contributed by atoms with Gasteiger partial charge < -0.3 is 0 Å². The van der Waals surface area contributed by atoms with E-state index in [1.54, 1.807) is 24.3 Å². The van der Waals surface area contributed by atoms with Crippen molar-refractivity contribution >= 4 is 33.5 Å². The first-order valence-corrected chi connectivity index (χ1v) is 8.62. The molecule has 0 aromatic heterocycles. The van der Waals surface area contributed by atoms with Crippen LogP contribution < -0.4 is 0 Å². The van der Waals surface area contributed by atoms with E-state index in [1.807, 2.05) is 12.1 Å². The molecule has 0 spiro atoms. The van der Waals surface area contributed by atoms with Crippen LogP contribution in [-0.2, 0) is 5.41 Å². The van der Waals surface area contributed by atoms with Crippen LogP contribution in [0.15, 0.2) is 58.1 Å². The molecule has 0 N–H and O–H groups in total. The standard InChI is InChI=1S/C19H15BrN2O2/c1-19(12-6-8-13(20)9-7-12)11-10-16(19)21-22-17(23)14-4-2-3-5-15(14)18(22)24/h2-9H,10-11H2,1H3/b21-16-. The van der Waals surface area contributed by atoms with Crippen LogP contribution in [0.2, 0.25) is 0 Å². The highest BCUT2D eigenvalue weighted by Gasteiger charge is 2.43. The third kappa shape index (κ3) is 2.15. The molecule has 2 aliphatic rings. The van der Waals surface area contributed by atoms with Crippen LogP contribution in [0.4, 0.5) is 0 Å². The van der Waals surface area contributed by atoms with Crippen molar-refractivity contribution in [2.45, 2.75) is 25.2 Å². The van der Waals surface area contributed by atoms with Crippen LogP contribution in [-0.4, -0.2) is 22.5 Å². The van der Waals surface area contributed by atoms with Crippen LogP contribution in [0.25, 0.3) is 0 Å². The quantitative estimate of drug-likeness (QED) is 0.732. The predicted octanol–water partition coefficient (Wildman–Crippen LogP) is 4.15. The molecule has 1 fully saturated rings. The maximum Gasteiger partial charge on any atom is 0.282 e. The summed E-state index contributed by atoms with van der Waals surface area (Å²) in [5.74, 6) is -0.679. The smallest absolute Gasteiger partial charge is 0.267 e. The minimum atomic E-state index is -0.340. The van der Waals surface area contributed by atoms with Crippen molar-refractivity contribution in [1.82, 2.24) is 5.01 Å². The highest BCUT2D eigenvalue weighted by atomic mass is 79.9. The fraction of sp³-hybridized carbons (Fsp3) is 0.211. The van der Waals surface area contributed by atoms with Gasteiger partial charge in [0.25, 0.3) is 11.8 Å². The van der Waals surface area contributed by atoms with E-state index in [9.17, 15) is 9.59 Å². The number of benzene rings is 2. The summed E-state index contributed by atoms with van der Waals surface area (Å²) in [4.78, 5) is 24.9. The van der Waals surface area contributed by atoms with Gasteiger partial charge in [-0.15, -0.1) is 0 Å². The molecule has 24 heavy (non-hydrogen) atoms. The number of fused-ring (bicyclic) bond motifs is 1. The van der Waals surface area contributed by atoms with Gasteiger partial charge in [0, 0.05) is 15.6 Å². The second-order valence-corrected chi connectivity index (χ2v) is 7.27. The number of rotatable bonds is 2. The van der Waals surface area contributed by atoms with Crippen molar-refractivity contribution in [1.29, 1.82) is 0 Å². The summed E-state index contributed by atoms with van der Waals surface area (Å²) >= 11 is 3.44. The Balaban J connectivity index is 1.68. The monoisotopic (exact) mass is 382 g/mol. The van der Waals surface area contributed by atoms with Gasteiger partial charge >= 0.3 is 0 Å². The number of nitrogens with zero attached hydrogens (tertiary/aromatic N) is 2. The lowest BCUT2D eigenvalue weighted by atomic mass is 9.64. The number of hydrazone groups is 1. The molecule has 1 saturated carbocycles. The summed E-state index contributed by atoms with van der Waals surface area (Å²) < 4.78 is 1.02. The zero-order chi connectivity index (χ0) is 16.9. The third-order valence-electron chi connectivity index (χ3n) is 4.97. The molecule has 2 aromatic carbocycles. The molecule has 120 valence electrons. The Morgan fingerprint density at radius 1 is 1.00 bits per heavy atom. The largest absolute Gasteiger partial charge is 0.282 e. The van der Waals surface area contributed by atoms with Gasteiger partial charge in [0.1, 0.15) is 0 Å². The van der Waals surface area contributed by atoms with Crippen molar-refractivity contribution in [3.63, 3.8) is 0 Å². The fourth-order valence-electron chi connectivity index (χ4n) is 3.29. The van der Waals surface area contributed by atoms with E-state index in [4.69, 9.17) is 0 Å². The van der Waals surface area contributed by atoms with E-state index in [-0.39, 0.29) is 17.2 Å². The van der Waals surface area contributed by atoms with Gasteiger partial charge in [-0.25, -0.2) is 0 Å². The Labute approximate surface area is 148 Å². The molecule has 5 heteroatoms. The SMILES string of the molecule is CC1(c2ccc(Br)cc2)CC/C1=N/N1C(=O)c2ccccc2C1=O. The summed E-state index contributed by atoms with van der Waals surface area (Å²) in [5.41, 5.74) is 2.65. The Morgan fingerprint density at radius 3 is 2.08 bits per heavy atom. The number of carbonyl (C=O) groups is 2. The van der Waals surface area contributed by atoms with Crippen LogP contribution in [0.1, 0.15) is 46.0 Å². The van der Waals surface area contributed by atoms with E-state index in [2.05, 4.69) is 40.1 Å². The first-order chi connectivity index (χ1) is 11.5. The van der Waals surface area contributed by atoms with Gasteiger partial charge in [-0.05, 0) is 42.7 Å². The molecule has 0 bridgehead atoms. The number of carbonyl (C=O) groups excluding carboxylic acids is 2. The molecule has 0 saturated heterocycles. The topological polar surface area (TPSA) is 49.7 Å². The highest BCUT2D eigenvalue weighted by molar-refractivity contribution is 9.10. The molecular formula is C19H15BrN2O2. The lowest BCUT2D eigenvalue weighted by molar-refractivity contribution is 0.0655. The molecule has 1 unspecified atom stereocenters. The molecule has 1 aliphatic carbocycles. The molecule has 2 amide bonds. The molecular weight excluding hydrogens is 368 g/mol. The maximum absolute atomic E-state index is 12.5. The summed E-state index contributed by atoms with van der Waals surface area (Å²) in [6.07, 6.45) is 1.75. The Hall–Kier alpha value is -2.27. The summed E-state index contributed by atoms with van der Waals surface area (Å²) in [7, 11) is 0. The van der Waals surface area contributed by atoms with E-state index < -0.39 is 0 Å². The zero-order valence-corrected chi connectivity index (χ0v) is 14.7. The van der Waals surface area contributed by atoms with Gasteiger partial charge in [-0.3, -0.25) is 9.59 Å². The molecule has 0 radical (unpaired) electrons. The van der Waals surface area contributed by atoms with E-state index in [1.165, 1.54) is 0 Å². The summed E-state index contributed by atoms with van der Waals surface area (Å²) in [6, 6.07) is 15.0. The highest BCUT2D eigenvalue weighted by Crippen LogP contribution is 2.42. The molecule has 1 aliphatic heterocycles. The van der Waals surface area contributed by atoms with Crippen LogP contribution in [0, 0.1) is 0 Å². The molecule has 1 atom stereocenters. The first kappa shape index (κ1) is 15.3. The summed E-state index contributed by atoms with van der Waals surface area (Å²) in [5, 5.41) is 5.47. The first-order valence-electron chi connectivity index (χ1n) is 7.82. The average Bonchev–Trinajstić information content (AvgIpc) is 2.83. The lowest BCUT2D eigenvalue weighted by Crippen LogP contribution is -2.44. The number of imide groups is 1. The molecule has 4 rings (SSSR count). The predicted molar refractivity (Wildman–Crippen MR) is 95.1 cm³/mol. The van der Waals surface area contributed by atoms with Crippen LogP contribution in [0.5, 0.6) is 0 Å². The molecule has 4 nitrogen and oxygen atoms in total. The zero-order valence-electron chi connectivity index (χ0n) is 13.1. The van der Waals surface area contributed by atoms with Gasteiger partial charge in [-0.1, -0.05) is 47.1 Å². The third-order valence-corrected chi connectivity index (χ3v) is 5.50. The number of halogens is 1. The minimum absolute atomic E-state index is 0.226. The van der Waals surface area contributed by atoms with Gasteiger partial charge in [0.05, 0.1) is 11.1 Å². The molecule has 2 aromatic rings. The van der Waals surface area contributed by atoms with Gasteiger partial charge in [-0.2, -0.15) is 10.1 Å². The second-order valence-electron chi connectivity index (χ2n) is 6.35. The van der Waals surface area contributed by atoms with Gasteiger partial charge in [0.2, 0.25) is 0 Å². The summed E-state index contributed by atoms with van der Waals surface area (Å²) in [6.45, 7) is 2.11. The Morgan fingerprint density at radius 2 is 1.58 bits per heavy atom. The van der Waals surface area contributed by atoms with Crippen molar-refractivity contribution in [2.75, 3.05) is 0 Å². The van der Waals surface area contributed by atoms with Crippen molar-refractivity contribution in [2.24, 2.45) is 5.10 Å². The van der Waals surface area contributed by atoms with Gasteiger partial charge in [0.15, 0.2) is 0 Å². The van der Waals surface area contributed by atoms with E-state index >= 15 is 0 Å². The van der Waals surface area contributed by atoms with E-state index in [0.29, 0.717) is 11.1 Å². The maximum atomic E-state index is 12.5. The fourth-order valence-corrected chi connectivity index (χ4v) is 3.55. The number of amides is 2. The van der Waals surface area contributed by atoms with Crippen LogP contribution >= 0.6 is 15.9 Å². The number of hydrogen-bond donors (Lipinski definition) is 0. The molecule has 1 heterocycles.